The number of fused-ring (bicyclic) bond motifs is 3. The molecule has 5 aliphatic rings. The zero-order valence-corrected chi connectivity index (χ0v) is 19.8. The van der Waals surface area contributed by atoms with E-state index in [2.05, 4.69) is 10.6 Å². The first-order valence-electron chi connectivity index (χ1n) is 11.9. The third kappa shape index (κ3) is 5.15. The van der Waals surface area contributed by atoms with Gasteiger partial charge in [-0.15, -0.1) is 12.4 Å². The van der Waals surface area contributed by atoms with Gasteiger partial charge in [0.05, 0.1) is 12.0 Å². The highest BCUT2D eigenvalue weighted by Gasteiger charge is 2.61. The van der Waals surface area contributed by atoms with E-state index >= 15 is 0 Å². The van der Waals surface area contributed by atoms with Gasteiger partial charge < -0.3 is 27.0 Å². The predicted octanol–water partition coefficient (Wildman–Crippen LogP) is 0.437. The second kappa shape index (κ2) is 10.3. The molecule has 2 bridgehead atoms. The van der Waals surface area contributed by atoms with E-state index < -0.39 is 66.1 Å². The van der Waals surface area contributed by atoms with Gasteiger partial charge in [-0.05, 0) is 38.0 Å². The van der Waals surface area contributed by atoms with Gasteiger partial charge in [0.15, 0.2) is 0 Å². The molecule has 12 heteroatoms. The molecule has 3 heterocycles. The first-order chi connectivity index (χ1) is 15.6. The number of halogens is 3. The van der Waals surface area contributed by atoms with Crippen molar-refractivity contribution < 1.29 is 28.0 Å². The van der Waals surface area contributed by atoms with Gasteiger partial charge in [0.25, 0.3) is 5.92 Å². The van der Waals surface area contributed by atoms with Crippen LogP contribution in [0.25, 0.3) is 0 Å². The Balaban J connectivity index is 0.00000324. The van der Waals surface area contributed by atoms with Gasteiger partial charge in [-0.2, -0.15) is 0 Å². The molecule has 6 atom stereocenters. The number of hydrogen-bond acceptors (Lipinski definition) is 5. The molecule has 0 aromatic rings. The number of nitrogens with two attached hydrogens (primary N) is 2. The number of rotatable bonds is 8. The zero-order valence-electron chi connectivity index (χ0n) is 19.0. The topological polar surface area (TPSA) is 148 Å². The molecule has 0 spiro atoms. The lowest BCUT2D eigenvalue weighted by molar-refractivity contribution is -0.195. The first kappa shape index (κ1) is 26.6. The summed E-state index contributed by atoms with van der Waals surface area (Å²) < 4.78 is 29.6. The maximum absolute atomic E-state index is 14.8. The summed E-state index contributed by atoms with van der Waals surface area (Å²) >= 11 is 0. The summed E-state index contributed by atoms with van der Waals surface area (Å²) in [5.41, 5.74) is 11.6. The van der Waals surface area contributed by atoms with Crippen molar-refractivity contribution in [1.29, 1.82) is 0 Å². The van der Waals surface area contributed by atoms with Crippen molar-refractivity contribution >= 4 is 36.0 Å². The molecule has 0 radical (unpaired) electrons. The Morgan fingerprint density at radius 2 is 1.85 bits per heavy atom. The molecule has 3 aliphatic heterocycles. The normalized spacial score (nSPS) is 31.6. The number of alkyl halides is 2. The molecule has 5 rings (SSSR count). The Kier molecular flexibility index (Phi) is 8.07. The largest absolute Gasteiger partial charge is 0.368 e. The molecule has 0 unspecified atom stereocenters. The average molecular weight is 506 g/mol. The first-order valence-corrected chi connectivity index (χ1v) is 11.9. The lowest BCUT2D eigenvalue weighted by Gasteiger charge is -2.54. The molecule has 9 nitrogen and oxygen atoms in total. The van der Waals surface area contributed by atoms with Gasteiger partial charge in [-0.25, -0.2) is 8.78 Å². The third-order valence-corrected chi connectivity index (χ3v) is 7.93. The summed E-state index contributed by atoms with van der Waals surface area (Å²) in [6.07, 6.45) is 4.00. The monoisotopic (exact) mass is 505 g/mol. The van der Waals surface area contributed by atoms with E-state index in [4.69, 9.17) is 11.5 Å². The zero-order chi connectivity index (χ0) is 23.9. The van der Waals surface area contributed by atoms with E-state index in [9.17, 15) is 28.0 Å². The van der Waals surface area contributed by atoms with E-state index in [1.807, 2.05) is 0 Å². The summed E-state index contributed by atoms with van der Waals surface area (Å²) in [5, 5.41) is 5.13. The maximum Gasteiger partial charge on any atom is 0.255 e. The number of piperidine rings is 2. The lowest BCUT2D eigenvalue weighted by atomic mass is 9.71. The molecule has 3 saturated heterocycles. The highest BCUT2D eigenvalue weighted by Crippen LogP contribution is 2.49. The molecule has 6 N–H and O–H groups in total. The molecule has 5 fully saturated rings. The number of carbonyl (C=O) groups excluding carboxylic acids is 4. The Hall–Kier alpha value is -2.01. The number of nitrogens with zero attached hydrogens (tertiary/aromatic N) is 1. The summed E-state index contributed by atoms with van der Waals surface area (Å²) in [5.74, 6) is -7.03. The van der Waals surface area contributed by atoms with Crippen LogP contribution in [0.3, 0.4) is 0 Å². The van der Waals surface area contributed by atoms with Crippen molar-refractivity contribution in [2.45, 2.75) is 87.9 Å². The molecular weight excluding hydrogens is 472 g/mol. The van der Waals surface area contributed by atoms with Crippen molar-refractivity contribution in [2.24, 2.45) is 29.2 Å². The van der Waals surface area contributed by atoms with E-state index in [0.29, 0.717) is 31.7 Å². The van der Waals surface area contributed by atoms with Crippen LogP contribution in [0.1, 0.15) is 57.8 Å². The number of amides is 4. The summed E-state index contributed by atoms with van der Waals surface area (Å²) in [7, 11) is 0. The second-order valence-electron chi connectivity index (χ2n) is 10.1. The van der Waals surface area contributed by atoms with Crippen molar-refractivity contribution in [3.63, 3.8) is 0 Å². The fraction of sp³-hybridized carbons (Fsp3) is 0.818. The Bertz CT molecular complexity index is 827. The molecule has 192 valence electrons. The van der Waals surface area contributed by atoms with Crippen LogP contribution in [0, 0.1) is 17.8 Å². The standard InChI is InChI=1S/C22H33F2N5O4.ClH/c23-22(24)10-13-4-5-14(22)17(29(13)21(33)15(25)8-11-2-1-3-11)20(32)28-16(18(26)30)9-12-6-7-27-19(12)31;/h11-17H,1-10,25H2,(H2,26,30)(H,27,31)(H,28,32);1H/t12-,13-,14-,15-,16-,17-;/m0./s1. The van der Waals surface area contributed by atoms with Crippen molar-refractivity contribution in [1.82, 2.24) is 15.5 Å². The summed E-state index contributed by atoms with van der Waals surface area (Å²) in [6.45, 7) is 0.461. The Morgan fingerprint density at radius 1 is 1.15 bits per heavy atom. The van der Waals surface area contributed by atoms with Crippen LogP contribution in [0.4, 0.5) is 8.78 Å². The second-order valence-corrected chi connectivity index (χ2v) is 10.1. The molecule has 2 saturated carbocycles. The number of primary amides is 1. The maximum atomic E-state index is 14.8. The van der Waals surface area contributed by atoms with Crippen LogP contribution in [-0.4, -0.2) is 65.2 Å². The van der Waals surface area contributed by atoms with E-state index in [1.165, 1.54) is 4.90 Å². The third-order valence-electron chi connectivity index (χ3n) is 7.93. The van der Waals surface area contributed by atoms with Crippen molar-refractivity contribution in [3.05, 3.63) is 0 Å². The van der Waals surface area contributed by atoms with Gasteiger partial charge >= 0.3 is 0 Å². The minimum atomic E-state index is -3.10. The molecular formula is C22H34ClF2N5O4. The average Bonchev–Trinajstić information content (AvgIpc) is 3.12. The fourth-order valence-electron chi connectivity index (χ4n) is 5.86. The quantitative estimate of drug-likeness (QED) is 0.378. The number of nitrogens with one attached hydrogen (secondary N) is 2. The molecule has 2 aliphatic carbocycles. The molecule has 0 aromatic heterocycles. The summed E-state index contributed by atoms with van der Waals surface area (Å²) in [6, 6.07) is -4.26. The minimum Gasteiger partial charge on any atom is -0.368 e. The van der Waals surface area contributed by atoms with Crippen LogP contribution in [0.15, 0.2) is 0 Å². The predicted molar refractivity (Wildman–Crippen MR) is 121 cm³/mol. The van der Waals surface area contributed by atoms with Gasteiger partial charge in [-0.3, -0.25) is 19.2 Å². The minimum absolute atomic E-state index is 0. The molecule has 4 amide bonds. The van der Waals surface area contributed by atoms with Gasteiger partial charge in [0.1, 0.15) is 12.1 Å². The smallest absolute Gasteiger partial charge is 0.255 e. The SMILES string of the molecule is Cl.NC(=O)[C@H](C[C@@H]1CCNC1=O)NC(=O)[C@@H]1[C@@H]2CC[C@@H](CC2(F)F)N1C(=O)[C@@H](N)CC1CCC1. The van der Waals surface area contributed by atoms with E-state index in [1.54, 1.807) is 0 Å². The number of carbonyl (C=O) groups is 4. The van der Waals surface area contributed by atoms with Crippen LogP contribution in [0.5, 0.6) is 0 Å². The van der Waals surface area contributed by atoms with Crippen molar-refractivity contribution in [3.8, 4) is 0 Å². The van der Waals surface area contributed by atoms with Gasteiger partial charge in [0, 0.05) is 24.9 Å². The van der Waals surface area contributed by atoms with Crippen molar-refractivity contribution in [2.75, 3.05) is 6.54 Å². The van der Waals surface area contributed by atoms with Crippen LogP contribution < -0.4 is 22.1 Å². The Morgan fingerprint density at radius 3 is 2.38 bits per heavy atom. The molecule has 0 aromatic carbocycles. The van der Waals surface area contributed by atoms with Gasteiger partial charge in [-0.1, -0.05) is 19.3 Å². The summed E-state index contributed by atoms with van der Waals surface area (Å²) in [4.78, 5) is 51.7. The molecule has 34 heavy (non-hydrogen) atoms. The Labute approximate surface area is 203 Å². The highest BCUT2D eigenvalue weighted by molar-refractivity contribution is 5.94. The van der Waals surface area contributed by atoms with Crippen LogP contribution in [0.2, 0.25) is 0 Å². The highest BCUT2D eigenvalue weighted by atomic mass is 35.5. The fourth-order valence-corrected chi connectivity index (χ4v) is 5.86. The van der Waals surface area contributed by atoms with Crippen LogP contribution in [-0.2, 0) is 19.2 Å². The van der Waals surface area contributed by atoms with Crippen LogP contribution >= 0.6 is 12.4 Å². The van der Waals surface area contributed by atoms with E-state index in [-0.39, 0.29) is 31.2 Å². The lowest BCUT2D eigenvalue weighted by Crippen LogP contribution is -2.70. The number of hydrogen-bond donors (Lipinski definition) is 4. The van der Waals surface area contributed by atoms with Gasteiger partial charge in [0.2, 0.25) is 23.6 Å². The van der Waals surface area contributed by atoms with E-state index in [0.717, 1.165) is 19.3 Å².